The predicted molar refractivity (Wildman–Crippen MR) is 134 cm³/mol. The number of carbonyl (C=O) groups excluding carboxylic acids is 1. The van der Waals surface area contributed by atoms with Gasteiger partial charge in [-0.05, 0) is 58.2 Å². The Morgan fingerprint density at radius 1 is 1.12 bits per heavy atom. The Hall–Kier alpha value is -2.77. The largest absolute Gasteiger partial charge is 0.493 e. The second-order valence-corrected chi connectivity index (χ2v) is 9.04. The fraction of sp³-hybridized carbons (Fsp3) is 0.200. The molecule has 0 fully saturated rings. The van der Waals surface area contributed by atoms with Gasteiger partial charge in [0.1, 0.15) is 6.61 Å². The van der Waals surface area contributed by atoms with E-state index in [0.717, 1.165) is 20.5 Å². The van der Waals surface area contributed by atoms with Crippen molar-refractivity contribution in [3.8, 4) is 11.5 Å². The van der Waals surface area contributed by atoms with Gasteiger partial charge in [-0.3, -0.25) is 4.79 Å². The molecule has 0 bridgehead atoms. The Morgan fingerprint density at radius 3 is 2.59 bits per heavy atom. The number of hydrogen-bond acceptors (Lipinski definition) is 5. The Balaban J connectivity index is 1.53. The van der Waals surface area contributed by atoms with Crippen LogP contribution in [-0.4, -0.2) is 25.0 Å². The summed E-state index contributed by atoms with van der Waals surface area (Å²) >= 11 is 5.19. The number of hydrogen-bond donors (Lipinski definition) is 1. The lowest BCUT2D eigenvalue weighted by molar-refractivity contribution is -0.120. The van der Waals surface area contributed by atoms with E-state index in [1.165, 1.54) is 5.56 Å². The number of ether oxygens (including phenoxy) is 2. The van der Waals surface area contributed by atoms with Crippen LogP contribution in [0, 0.1) is 6.92 Å². The fourth-order valence-corrected chi connectivity index (χ4v) is 4.25. The average Bonchev–Trinajstić information content (AvgIpc) is 2.80. The standard InChI is InChI=1S/C25H25BrN2O3S/c1-18-8-10-19(11-9-18)17-31-25-22(26)14-20(15-23(25)30-2)16-27-28-24(29)12-13-32-21-6-4-3-5-7-21/h3-11,14-16H,12-13,17H2,1-2H3,(H,28,29)/b27-16-. The zero-order chi connectivity index (χ0) is 22.8. The summed E-state index contributed by atoms with van der Waals surface area (Å²) in [5, 5.41) is 4.06. The van der Waals surface area contributed by atoms with Crippen LogP contribution in [0.25, 0.3) is 0 Å². The van der Waals surface area contributed by atoms with Crippen molar-refractivity contribution in [1.29, 1.82) is 0 Å². The Bertz CT molecular complexity index is 1060. The zero-order valence-electron chi connectivity index (χ0n) is 18.0. The number of nitrogens with one attached hydrogen (secondary N) is 1. The first-order valence-corrected chi connectivity index (χ1v) is 11.9. The van der Waals surface area contributed by atoms with E-state index in [2.05, 4.69) is 45.5 Å². The van der Waals surface area contributed by atoms with Crippen LogP contribution in [0.4, 0.5) is 0 Å². The van der Waals surface area contributed by atoms with Crippen LogP contribution in [0.15, 0.2) is 81.2 Å². The lowest BCUT2D eigenvalue weighted by Crippen LogP contribution is -2.17. The van der Waals surface area contributed by atoms with Crippen LogP contribution >= 0.6 is 27.7 Å². The highest BCUT2D eigenvalue weighted by Gasteiger charge is 2.12. The second kappa shape index (κ2) is 12.3. The topological polar surface area (TPSA) is 59.9 Å². The van der Waals surface area contributed by atoms with Gasteiger partial charge in [0.05, 0.1) is 17.8 Å². The molecule has 0 aliphatic carbocycles. The van der Waals surface area contributed by atoms with Crippen molar-refractivity contribution >= 4 is 39.8 Å². The van der Waals surface area contributed by atoms with Crippen molar-refractivity contribution in [3.05, 3.63) is 87.9 Å². The average molecular weight is 513 g/mol. The lowest BCUT2D eigenvalue weighted by atomic mass is 10.2. The van der Waals surface area contributed by atoms with E-state index >= 15 is 0 Å². The van der Waals surface area contributed by atoms with Crippen molar-refractivity contribution in [3.63, 3.8) is 0 Å². The third-order valence-corrected chi connectivity index (χ3v) is 6.10. The summed E-state index contributed by atoms with van der Waals surface area (Å²) < 4.78 is 12.2. The van der Waals surface area contributed by atoms with Crippen molar-refractivity contribution in [2.45, 2.75) is 24.8 Å². The SMILES string of the molecule is COc1cc(/C=N\NC(=O)CCSc2ccccc2)cc(Br)c1OCc1ccc(C)cc1. The van der Waals surface area contributed by atoms with Crippen molar-refractivity contribution in [2.24, 2.45) is 5.10 Å². The molecule has 166 valence electrons. The number of rotatable bonds is 10. The fourth-order valence-electron chi connectivity index (χ4n) is 2.81. The number of hydrazone groups is 1. The summed E-state index contributed by atoms with van der Waals surface area (Å²) in [5.41, 5.74) is 5.62. The van der Waals surface area contributed by atoms with Gasteiger partial charge in [0.25, 0.3) is 0 Å². The van der Waals surface area contributed by atoms with Crippen LogP contribution in [0.3, 0.4) is 0 Å². The zero-order valence-corrected chi connectivity index (χ0v) is 20.4. The number of benzene rings is 3. The molecule has 0 aliphatic rings. The molecule has 0 saturated heterocycles. The number of aryl methyl sites for hydroxylation is 1. The summed E-state index contributed by atoms with van der Waals surface area (Å²) in [6.07, 6.45) is 1.97. The lowest BCUT2D eigenvalue weighted by Gasteiger charge is -2.13. The predicted octanol–water partition coefficient (Wildman–Crippen LogP) is 5.98. The second-order valence-electron chi connectivity index (χ2n) is 7.01. The summed E-state index contributed by atoms with van der Waals surface area (Å²) in [4.78, 5) is 13.2. The maximum absolute atomic E-state index is 12.0. The molecule has 1 N–H and O–H groups in total. The number of halogens is 1. The van der Waals surface area contributed by atoms with Gasteiger partial charge in [0, 0.05) is 17.1 Å². The molecule has 3 rings (SSSR count). The maximum Gasteiger partial charge on any atom is 0.240 e. The van der Waals surface area contributed by atoms with Crippen molar-refractivity contribution in [1.82, 2.24) is 5.43 Å². The van der Waals surface area contributed by atoms with Crippen LogP contribution in [0.2, 0.25) is 0 Å². The summed E-state index contributed by atoms with van der Waals surface area (Å²) in [7, 11) is 1.59. The number of amides is 1. The third kappa shape index (κ3) is 7.43. The number of methoxy groups -OCH3 is 1. The molecule has 0 unspecified atom stereocenters. The number of carbonyl (C=O) groups is 1. The van der Waals surface area contributed by atoms with Crippen molar-refractivity contribution in [2.75, 3.05) is 12.9 Å². The van der Waals surface area contributed by atoms with Gasteiger partial charge in [-0.25, -0.2) is 5.43 Å². The van der Waals surface area contributed by atoms with Gasteiger partial charge in [-0.1, -0.05) is 48.0 Å². The highest BCUT2D eigenvalue weighted by Crippen LogP contribution is 2.36. The smallest absolute Gasteiger partial charge is 0.240 e. The molecule has 0 aliphatic heterocycles. The van der Waals surface area contributed by atoms with Crippen LogP contribution < -0.4 is 14.9 Å². The monoisotopic (exact) mass is 512 g/mol. The van der Waals surface area contributed by atoms with E-state index in [4.69, 9.17) is 9.47 Å². The van der Waals surface area contributed by atoms with Gasteiger partial charge < -0.3 is 9.47 Å². The van der Waals surface area contributed by atoms with E-state index in [1.807, 2.05) is 54.6 Å². The molecule has 0 aromatic heterocycles. The highest BCUT2D eigenvalue weighted by atomic mass is 79.9. The van der Waals surface area contributed by atoms with Gasteiger partial charge >= 0.3 is 0 Å². The first-order valence-electron chi connectivity index (χ1n) is 10.1. The molecule has 0 atom stereocenters. The quantitative estimate of drug-likeness (QED) is 0.206. The molecule has 0 heterocycles. The Labute approximate surface area is 201 Å². The van der Waals surface area contributed by atoms with Crippen LogP contribution in [0.1, 0.15) is 23.1 Å². The first-order chi connectivity index (χ1) is 15.5. The van der Waals surface area contributed by atoms with Gasteiger partial charge in [0.2, 0.25) is 5.91 Å². The number of thioether (sulfide) groups is 1. The molecule has 0 saturated carbocycles. The summed E-state index contributed by atoms with van der Waals surface area (Å²) in [6, 6.07) is 21.9. The molecule has 32 heavy (non-hydrogen) atoms. The van der Waals surface area contributed by atoms with E-state index in [1.54, 1.807) is 25.1 Å². The van der Waals surface area contributed by atoms with Gasteiger partial charge in [-0.15, -0.1) is 11.8 Å². The van der Waals surface area contributed by atoms with E-state index in [-0.39, 0.29) is 5.91 Å². The first kappa shape index (κ1) is 23.9. The highest BCUT2D eigenvalue weighted by molar-refractivity contribution is 9.10. The van der Waals surface area contributed by atoms with E-state index in [9.17, 15) is 4.79 Å². The number of nitrogens with zero attached hydrogens (tertiary/aromatic N) is 1. The van der Waals surface area contributed by atoms with E-state index in [0.29, 0.717) is 30.3 Å². The molecule has 3 aromatic rings. The molecule has 0 spiro atoms. The van der Waals surface area contributed by atoms with E-state index < -0.39 is 0 Å². The maximum atomic E-state index is 12.0. The van der Waals surface area contributed by atoms with Crippen molar-refractivity contribution < 1.29 is 14.3 Å². The molecular weight excluding hydrogens is 488 g/mol. The Kier molecular flexibility index (Phi) is 9.19. The molecule has 0 radical (unpaired) electrons. The summed E-state index contributed by atoms with van der Waals surface area (Å²) in [5.74, 6) is 1.76. The molecule has 3 aromatic carbocycles. The normalized spacial score (nSPS) is 10.8. The van der Waals surface area contributed by atoms with Crippen LogP contribution in [-0.2, 0) is 11.4 Å². The van der Waals surface area contributed by atoms with Gasteiger partial charge in [0.15, 0.2) is 11.5 Å². The molecule has 5 nitrogen and oxygen atoms in total. The minimum absolute atomic E-state index is 0.131. The Morgan fingerprint density at radius 2 is 1.88 bits per heavy atom. The minimum Gasteiger partial charge on any atom is -0.493 e. The third-order valence-electron chi connectivity index (χ3n) is 4.50. The summed E-state index contributed by atoms with van der Waals surface area (Å²) in [6.45, 7) is 2.48. The minimum atomic E-state index is -0.131. The van der Waals surface area contributed by atoms with Gasteiger partial charge in [-0.2, -0.15) is 5.10 Å². The molecule has 7 heteroatoms. The molecule has 1 amide bonds. The molecular formula is C25H25BrN2O3S. The van der Waals surface area contributed by atoms with Crippen LogP contribution in [0.5, 0.6) is 11.5 Å².